The Balaban J connectivity index is 2.17. The highest BCUT2D eigenvalue weighted by atomic mass is 16.6. The molecule has 2 aliphatic carbocycles. The van der Waals surface area contributed by atoms with Gasteiger partial charge >= 0.3 is 0 Å². The second kappa shape index (κ2) is 6.65. The first-order valence-electron chi connectivity index (χ1n) is 9.19. The maximum atomic E-state index is 10.3. The van der Waals surface area contributed by atoms with E-state index in [1.54, 1.807) is 0 Å². The SMILES string of the molecule is C=CCCC(O)O[C@@]1(C)CCC2C(C)CCC2C(C)(C)[C@H]1C. The van der Waals surface area contributed by atoms with Gasteiger partial charge in [0.05, 0.1) is 5.60 Å². The van der Waals surface area contributed by atoms with E-state index in [2.05, 4.69) is 41.2 Å². The number of hydrogen-bond donors (Lipinski definition) is 1. The molecule has 0 saturated heterocycles. The van der Waals surface area contributed by atoms with Gasteiger partial charge < -0.3 is 9.84 Å². The molecule has 0 aromatic heterocycles. The van der Waals surface area contributed by atoms with Crippen LogP contribution in [0.1, 0.15) is 73.1 Å². The molecule has 4 unspecified atom stereocenters. The second-order valence-corrected chi connectivity index (χ2v) is 8.66. The third-order valence-electron chi connectivity index (χ3n) is 7.17. The summed E-state index contributed by atoms with van der Waals surface area (Å²) in [5.41, 5.74) is 0.0347. The van der Waals surface area contributed by atoms with Gasteiger partial charge in [-0.3, -0.25) is 0 Å². The van der Waals surface area contributed by atoms with Crippen molar-refractivity contribution in [1.82, 2.24) is 0 Å². The quantitative estimate of drug-likeness (QED) is 0.561. The zero-order valence-electron chi connectivity index (χ0n) is 15.3. The van der Waals surface area contributed by atoms with Crippen LogP contribution in [0.5, 0.6) is 0 Å². The number of aliphatic hydroxyl groups is 1. The van der Waals surface area contributed by atoms with Crippen LogP contribution in [0.15, 0.2) is 12.7 Å². The van der Waals surface area contributed by atoms with Gasteiger partial charge in [0.1, 0.15) is 0 Å². The molecule has 2 saturated carbocycles. The Morgan fingerprint density at radius 1 is 1.23 bits per heavy atom. The van der Waals surface area contributed by atoms with Crippen LogP contribution in [0.25, 0.3) is 0 Å². The third kappa shape index (κ3) is 3.28. The van der Waals surface area contributed by atoms with Crippen molar-refractivity contribution in [2.45, 2.75) is 85.0 Å². The molecule has 0 aromatic carbocycles. The summed E-state index contributed by atoms with van der Waals surface area (Å²) >= 11 is 0. The summed E-state index contributed by atoms with van der Waals surface area (Å²) < 4.78 is 6.22. The van der Waals surface area contributed by atoms with E-state index >= 15 is 0 Å². The molecule has 0 spiro atoms. The van der Waals surface area contributed by atoms with Gasteiger partial charge in [0.25, 0.3) is 0 Å². The smallest absolute Gasteiger partial charge is 0.155 e. The molecule has 2 nitrogen and oxygen atoms in total. The molecule has 0 heterocycles. The largest absolute Gasteiger partial charge is 0.368 e. The molecule has 2 fully saturated rings. The van der Waals surface area contributed by atoms with Crippen LogP contribution in [-0.4, -0.2) is 17.0 Å². The van der Waals surface area contributed by atoms with Crippen LogP contribution >= 0.6 is 0 Å². The second-order valence-electron chi connectivity index (χ2n) is 8.66. The summed E-state index contributed by atoms with van der Waals surface area (Å²) in [7, 11) is 0. The Morgan fingerprint density at radius 3 is 2.55 bits per heavy atom. The van der Waals surface area contributed by atoms with E-state index < -0.39 is 6.29 Å². The van der Waals surface area contributed by atoms with Crippen LogP contribution in [0.2, 0.25) is 0 Å². The normalized spacial score (nSPS) is 42.5. The van der Waals surface area contributed by atoms with E-state index in [4.69, 9.17) is 4.74 Å². The van der Waals surface area contributed by atoms with Crippen molar-refractivity contribution in [3.05, 3.63) is 12.7 Å². The zero-order chi connectivity index (χ0) is 16.5. The average Bonchev–Trinajstić information content (AvgIpc) is 2.80. The molecule has 2 heteroatoms. The first kappa shape index (κ1) is 18.0. The Labute approximate surface area is 137 Å². The standard InChI is InChI=1S/C20H36O2/c1-7-8-9-18(21)22-20(6)13-12-16-14(2)10-11-17(16)19(4,5)15(20)3/h7,14-18,21H,1,8-13H2,2-6H3/t14?,15-,16?,17?,18?,20+/m1/s1. The molecule has 6 atom stereocenters. The number of fused-ring (bicyclic) bond motifs is 1. The van der Waals surface area contributed by atoms with Gasteiger partial charge in [0, 0.05) is 6.42 Å². The van der Waals surface area contributed by atoms with Crippen molar-refractivity contribution in [1.29, 1.82) is 0 Å². The zero-order valence-corrected chi connectivity index (χ0v) is 15.3. The van der Waals surface area contributed by atoms with E-state index in [9.17, 15) is 5.11 Å². The van der Waals surface area contributed by atoms with Gasteiger partial charge in [0.2, 0.25) is 0 Å². The molecule has 0 aliphatic heterocycles. The van der Waals surface area contributed by atoms with E-state index in [1.807, 2.05) is 6.08 Å². The Kier molecular flexibility index (Phi) is 5.44. The van der Waals surface area contributed by atoms with Gasteiger partial charge in [0.15, 0.2) is 6.29 Å². The van der Waals surface area contributed by atoms with Gasteiger partial charge in [-0.05, 0) is 61.7 Å². The lowest BCUT2D eigenvalue weighted by atomic mass is 9.63. The van der Waals surface area contributed by atoms with Crippen LogP contribution < -0.4 is 0 Å². The molecule has 2 aliphatic rings. The molecule has 128 valence electrons. The van der Waals surface area contributed by atoms with Crippen LogP contribution in [0, 0.1) is 29.1 Å². The molecule has 0 amide bonds. The van der Waals surface area contributed by atoms with E-state index in [0.717, 1.165) is 30.6 Å². The van der Waals surface area contributed by atoms with Crippen molar-refractivity contribution in [2.75, 3.05) is 0 Å². The minimum absolute atomic E-state index is 0.228. The fraction of sp³-hybridized carbons (Fsp3) is 0.900. The topological polar surface area (TPSA) is 29.5 Å². The predicted octanol–water partition coefficient (Wildman–Crippen LogP) is 5.16. The summed E-state index contributed by atoms with van der Waals surface area (Å²) in [5, 5.41) is 10.3. The summed E-state index contributed by atoms with van der Waals surface area (Å²) in [6.07, 6.45) is 7.67. The molecular weight excluding hydrogens is 272 g/mol. The first-order valence-corrected chi connectivity index (χ1v) is 9.19. The van der Waals surface area contributed by atoms with Crippen molar-refractivity contribution in [2.24, 2.45) is 29.1 Å². The Bertz CT molecular complexity index is 389. The van der Waals surface area contributed by atoms with Crippen molar-refractivity contribution < 1.29 is 9.84 Å². The van der Waals surface area contributed by atoms with Gasteiger partial charge in [-0.15, -0.1) is 6.58 Å². The summed E-state index contributed by atoms with van der Waals surface area (Å²) in [6.45, 7) is 15.6. The molecule has 22 heavy (non-hydrogen) atoms. The van der Waals surface area contributed by atoms with Gasteiger partial charge in [-0.25, -0.2) is 0 Å². The molecule has 0 radical (unpaired) electrons. The van der Waals surface area contributed by atoms with E-state index in [0.29, 0.717) is 12.3 Å². The number of rotatable bonds is 5. The maximum Gasteiger partial charge on any atom is 0.155 e. The highest BCUT2D eigenvalue weighted by Gasteiger charge is 2.53. The molecule has 2 rings (SSSR count). The average molecular weight is 309 g/mol. The van der Waals surface area contributed by atoms with Crippen molar-refractivity contribution >= 4 is 0 Å². The first-order chi connectivity index (χ1) is 10.2. The molecule has 0 aromatic rings. The fourth-order valence-corrected chi connectivity index (χ4v) is 5.25. The van der Waals surface area contributed by atoms with E-state index in [-0.39, 0.29) is 11.0 Å². The molecular formula is C20H36O2. The Morgan fingerprint density at radius 2 is 1.91 bits per heavy atom. The lowest BCUT2D eigenvalue weighted by Crippen LogP contribution is -2.46. The predicted molar refractivity (Wildman–Crippen MR) is 92.5 cm³/mol. The molecule has 0 bridgehead atoms. The highest BCUT2D eigenvalue weighted by Crippen LogP contribution is 2.57. The number of allylic oxidation sites excluding steroid dienone is 1. The summed E-state index contributed by atoms with van der Waals surface area (Å²) in [5.74, 6) is 2.91. The lowest BCUT2D eigenvalue weighted by Gasteiger charge is -2.46. The number of ether oxygens (including phenoxy) is 1. The minimum atomic E-state index is -0.670. The van der Waals surface area contributed by atoms with Crippen LogP contribution in [0.4, 0.5) is 0 Å². The van der Waals surface area contributed by atoms with Crippen LogP contribution in [0.3, 0.4) is 0 Å². The summed E-state index contributed by atoms with van der Waals surface area (Å²) in [4.78, 5) is 0. The lowest BCUT2D eigenvalue weighted by molar-refractivity contribution is -0.214. The third-order valence-corrected chi connectivity index (χ3v) is 7.17. The monoisotopic (exact) mass is 308 g/mol. The number of hydrogen-bond acceptors (Lipinski definition) is 2. The molecule has 1 N–H and O–H groups in total. The summed E-state index contributed by atoms with van der Waals surface area (Å²) in [6, 6.07) is 0. The van der Waals surface area contributed by atoms with Gasteiger partial charge in [-0.1, -0.05) is 40.2 Å². The highest BCUT2D eigenvalue weighted by molar-refractivity contribution is 5.02. The van der Waals surface area contributed by atoms with Crippen molar-refractivity contribution in [3.8, 4) is 0 Å². The Hall–Kier alpha value is -0.340. The van der Waals surface area contributed by atoms with Crippen LogP contribution in [-0.2, 0) is 4.74 Å². The van der Waals surface area contributed by atoms with Gasteiger partial charge in [-0.2, -0.15) is 0 Å². The maximum absolute atomic E-state index is 10.3. The fourth-order valence-electron chi connectivity index (χ4n) is 5.25. The van der Waals surface area contributed by atoms with E-state index in [1.165, 1.54) is 19.3 Å². The minimum Gasteiger partial charge on any atom is -0.368 e. The van der Waals surface area contributed by atoms with Crippen molar-refractivity contribution in [3.63, 3.8) is 0 Å². The number of aliphatic hydroxyl groups excluding tert-OH is 1.